The number of hydrogen-bond donors (Lipinski definition) is 0. The second kappa shape index (κ2) is 6.03. The summed E-state index contributed by atoms with van der Waals surface area (Å²) >= 11 is 0. The van der Waals surface area contributed by atoms with E-state index in [1.54, 1.807) is 0 Å². The number of nitriles is 2. The zero-order valence-electron chi connectivity index (χ0n) is 10.5. The summed E-state index contributed by atoms with van der Waals surface area (Å²) in [6.07, 6.45) is 0. The van der Waals surface area contributed by atoms with Gasteiger partial charge in [0, 0.05) is 12.0 Å². The zero-order valence-corrected chi connectivity index (χ0v) is 10.5. The molecule has 0 radical (unpaired) electrons. The minimum Gasteiger partial charge on any atom is -0.306 e. The Labute approximate surface area is 103 Å². The Kier molecular flexibility index (Phi) is 4.69. The van der Waals surface area contributed by atoms with Gasteiger partial charge < -0.3 is 4.90 Å². The second-order valence-corrected chi connectivity index (χ2v) is 4.38. The molecule has 17 heavy (non-hydrogen) atoms. The highest BCUT2D eigenvalue weighted by Gasteiger charge is 2.29. The minimum absolute atomic E-state index is 0.0822. The highest BCUT2D eigenvalue weighted by molar-refractivity contribution is 5.26. The molecular weight excluding hydrogens is 210 g/mol. The molecule has 2 atom stereocenters. The van der Waals surface area contributed by atoms with Gasteiger partial charge in [0.2, 0.25) is 0 Å². The van der Waals surface area contributed by atoms with E-state index in [4.69, 9.17) is 10.5 Å². The molecule has 0 saturated heterocycles. The highest BCUT2D eigenvalue weighted by Crippen LogP contribution is 2.29. The van der Waals surface area contributed by atoms with Gasteiger partial charge in [0.05, 0.1) is 12.1 Å². The lowest BCUT2D eigenvalue weighted by Crippen LogP contribution is -2.34. The molecular formula is C14H17N3. The number of benzene rings is 1. The summed E-state index contributed by atoms with van der Waals surface area (Å²) in [6, 6.07) is 14.1. The average Bonchev–Trinajstić information content (AvgIpc) is 2.36. The highest BCUT2D eigenvalue weighted by atomic mass is 15.1. The van der Waals surface area contributed by atoms with Gasteiger partial charge in [-0.25, -0.2) is 0 Å². The van der Waals surface area contributed by atoms with Crippen molar-refractivity contribution in [2.75, 3.05) is 14.1 Å². The Morgan fingerprint density at radius 2 is 1.59 bits per heavy atom. The normalized spacial score (nSPS) is 14.1. The zero-order chi connectivity index (χ0) is 12.8. The Morgan fingerprint density at radius 1 is 1.06 bits per heavy atom. The van der Waals surface area contributed by atoms with Crippen molar-refractivity contribution in [3.05, 3.63) is 35.9 Å². The van der Waals surface area contributed by atoms with Gasteiger partial charge in [-0.1, -0.05) is 30.3 Å². The third-order valence-corrected chi connectivity index (χ3v) is 3.16. The maximum Gasteiger partial charge on any atom is 0.141 e. The summed E-state index contributed by atoms with van der Waals surface area (Å²) in [7, 11) is 3.93. The van der Waals surface area contributed by atoms with Crippen molar-refractivity contribution in [2.45, 2.75) is 18.9 Å². The molecule has 0 spiro atoms. The van der Waals surface area contributed by atoms with E-state index in [1.165, 1.54) is 0 Å². The van der Waals surface area contributed by atoms with Crippen molar-refractivity contribution in [3.8, 4) is 12.1 Å². The second-order valence-electron chi connectivity index (χ2n) is 4.38. The van der Waals surface area contributed by atoms with Gasteiger partial charge >= 0.3 is 0 Å². The first-order valence-corrected chi connectivity index (χ1v) is 5.62. The Balaban J connectivity index is 3.13. The third-order valence-electron chi connectivity index (χ3n) is 3.16. The van der Waals surface area contributed by atoms with Crippen LogP contribution in [0.2, 0.25) is 0 Å². The van der Waals surface area contributed by atoms with Crippen LogP contribution in [0.5, 0.6) is 0 Å². The van der Waals surface area contributed by atoms with Crippen LogP contribution >= 0.6 is 0 Å². The van der Waals surface area contributed by atoms with Crippen LogP contribution in [0.15, 0.2) is 30.3 Å². The van der Waals surface area contributed by atoms with E-state index < -0.39 is 5.92 Å². The minimum atomic E-state index is -0.616. The van der Waals surface area contributed by atoms with Gasteiger partial charge in [0.15, 0.2) is 0 Å². The van der Waals surface area contributed by atoms with Crippen LogP contribution in [0, 0.1) is 28.6 Å². The first-order chi connectivity index (χ1) is 8.11. The quantitative estimate of drug-likeness (QED) is 0.793. The number of rotatable bonds is 4. The number of nitrogens with zero attached hydrogens (tertiary/aromatic N) is 3. The van der Waals surface area contributed by atoms with Crippen molar-refractivity contribution in [1.29, 1.82) is 10.5 Å². The van der Waals surface area contributed by atoms with Crippen LogP contribution in [-0.2, 0) is 0 Å². The fourth-order valence-electron chi connectivity index (χ4n) is 1.94. The summed E-state index contributed by atoms with van der Waals surface area (Å²) in [5.74, 6) is -0.698. The van der Waals surface area contributed by atoms with Crippen LogP contribution in [0.25, 0.3) is 0 Å². The molecule has 1 aromatic rings. The lowest BCUT2D eigenvalue weighted by molar-refractivity contribution is 0.258. The van der Waals surface area contributed by atoms with Crippen molar-refractivity contribution < 1.29 is 0 Å². The van der Waals surface area contributed by atoms with E-state index >= 15 is 0 Å². The fraction of sp³-hybridized carbons (Fsp3) is 0.429. The number of hydrogen-bond acceptors (Lipinski definition) is 3. The van der Waals surface area contributed by atoms with Gasteiger partial charge in [-0.3, -0.25) is 0 Å². The van der Waals surface area contributed by atoms with Crippen LogP contribution in [-0.4, -0.2) is 25.0 Å². The molecule has 3 nitrogen and oxygen atoms in total. The molecule has 3 heteroatoms. The maximum absolute atomic E-state index is 9.10. The molecule has 0 N–H and O–H groups in total. The van der Waals surface area contributed by atoms with E-state index in [1.807, 2.05) is 56.3 Å². The lowest BCUT2D eigenvalue weighted by Gasteiger charge is -2.30. The first kappa shape index (κ1) is 13.2. The molecule has 0 aliphatic rings. The SMILES string of the molecule is C[C@@H]([C@H](c1ccccc1)C(C#N)C#N)N(C)C. The molecule has 0 bridgehead atoms. The standard InChI is InChI=1S/C14H17N3/c1-11(17(2)3)14(13(9-15)10-16)12-7-5-4-6-8-12/h4-8,11,13-14H,1-3H3/t11-,14+/m0/s1. The monoisotopic (exact) mass is 227 g/mol. The topological polar surface area (TPSA) is 50.8 Å². The van der Waals surface area contributed by atoms with Gasteiger partial charge in [0.1, 0.15) is 5.92 Å². The predicted octanol–water partition coefficient (Wildman–Crippen LogP) is 2.38. The van der Waals surface area contributed by atoms with E-state index in [2.05, 4.69) is 12.1 Å². The molecule has 0 saturated carbocycles. The molecule has 0 aliphatic heterocycles. The molecule has 1 aromatic carbocycles. The smallest absolute Gasteiger partial charge is 0.141 e. The average molecular weight is 227 g/mol. The molecule has 0 aromatic heterocycles. The lowest BCUT2D eigenvalue weighted by atomic mass is 9.82. The van der Waals surface area contributed by atoms with E-state index in [0.29, 0.717) is 0 Å². The van der Waals surface area contributed by atoms with Crippen LogP contribution < -0.4 is 0 Å². The number of likely N-dealkylation sites (N-methyl/N-ethyl adjacent to an activating group) is 1. The molecule has 0 amide bonds. The summed E-state index contributed by atoms with van der Waals surface area (Å²) in [5.41, 5.74) is 1.04. The first-order valence-electron chi connectivity index (χ1n) is 5.62. The summed E-state index contributed by atoms with van der Waals surface area (Å²) in [4.78, 5) is 2.04. The van der Waals surface area contributed by atoms with Gasteiger partial charge in [-0.2, -0.15) is 10.5 Å². The Bertz CT molecular complexity index is 411. The summed E-state index contributed by atoms with van der Waals surface area (Å²) < 4.78 is 0. The molecule has 0 heterocycles. The Hall–Kier alpha value is -1.84. The van der Waals surface area contributed by atoms with Gasteiger partial charge in [-0.15, -0.1) is 0 Å². The third kappa shape index (κ3) is 3.06. The van der Waals surface area contributed by atoms with E-state index in [0.717, 1.165) is 5.56 Å². The van der Waals surface area contributed by atoms with Crippen molar-refractivity contribution in [3.63, 3.8) is 0 Å². The molecule has 1 rings (SSSR count). The molecule has 88 valence electrons. The molecule has 0 fully saturated rings. The van der Waals surface area contributed by atoms with Crippen molar-refractivity contribution >= 4 is 0 Å². The van der Waals surface area contributed by atoms with Crippen LogP contribution in [0.3, 0.4) is 0 Å². The van der Waals surface area contributed by atoms with Crippen LogP contribution in [0.1, 0.15) is 18.4 Å². The van der Waals surface area contributed by atoms with Crippen molar-refractivity contribution in [2.24, 2.45) is 5.92 Å². The van der Waals surface area contributed by atoms with E-state index in [9.17, 15) is 0 Å². The molecule has 0 aliphatic carbocycles. The Morgan fingerprint density at radius 3 is 2.00 bits per heavy atom. The largest absolute Gasteiger partial charge is 0.306 e. The molecule has 0 unspecified atom stereocenters. The summed E-state index contributed by atoms with van der Waals surface area (Å²) in [6.45, 7) is 2.04. The van der Waals surface area contributed by atoms with Gasteiger partial charge in [0.25, 0.3) is 0 Å². The van der Waals surface area contributed by atoms with E-state index in [-0.39, 0.29) is 12.0 Å². The predicted molar refractivity (Wildman–Crippen MR) is 67.0 cm³/mol. The van der Waals surface area contributed by atoms with Gasteiger partial charge in [-0.05, 0) is 26.6 Å². The fourth-order valence-corrected chi connectivity index (χ4v) is 1.94. The van der Waals surface area contributed by atoms with Crippen LogP contribution in [0.4, 0.5) is 0 Å². The van der Waals surface area contributed by atoms with Crippen molar-refractivity contribution in [1.82, 2.24) is 4.90 Å². The summed E-state index contributed by atoms with van der Waals surface area (Å²) in [5, 5.41) is 18.2. The maximum atomic E-state index is 9.10.